The Balaban J connectivity index is 1.70. The summed E-state index contributed by atoms with van der Waals surface area (Å²) in [5.74, 6) is -0.766. The van der Waals surface area contributed by atoms with Gasteiger partial charge >= 0.3 is 5.97 Å². The van der Waals surface area contributed by atoms with E-state index >= 15 is 0 Å². The van der Waals surface area contributed by atoms with Gasteiger partial charge in [0, 0.05) is 6.54 Å². The number of aliphatic hydroxyl groups excluding tert-OH is 1. The van der Waals surface area contributed by atoms with E-state index in [0.29, 0.717) is 11.3 Å². The van der Waals surface area contributed by atoms with Crippen LogP contribution in [0.4, 0.5) is 11.4 Å². The summed E-state index contributed by atoms with van der Waals surface area (Å²) in [7, 11) is -7.07. The van der Waals surface area contributed by atoms with Gasteiger partial charge in [-0.05, 0) is 62.2 Å². The molecule has 2 atom stereocenters. The highest BCUT2D eigenvalue weighted by molar-refractivity contribution is 7.92. The second-order valence-electron chi connectivity index (χ2n) is 10.6. The van der Waals surface area contributed by atoms with Gasteiger partial charge in [-0.15, -0.1) is 0 Å². The van der Waals surface area contributed by atoms with Gasteiger partial charge in [-0.2, -0.15) is 4.31 Å². The van der Waals surface area contributed by atoms with E-state index in [1.165, 1.54) is 31.4 Å². The molecular formula is C33H37N3O7S2. The summed E-state index contributed by atoms with van der Waals surface area (Å²) in [6.45, 7) is 2.79. The number of hydrogen-bond donors (Lipinski definition) is 3. The summed E-state index contributed by atoms with van der Waals surface area (Å²) in [6, 6.07) is 25.8. The number of carbonyl (C=O) groups is 1. The second-order valence-corrected chi connectivity index (χ2v) is 14.2. The molecule has 0 bridgehead atoms. The van der Waals surface area contributed by atoms with Crippen LogP contribution in [-0.2, 0) is 36.0 Å². The highest BCUT2D eigenvalue weighted by atomic mass is 32.2. The maximum absolute atomic E-state index is 14.2. The fraction of sp³-hybridized carbons (Fsp3) is 0.242. The number of aryl methyl sites for hydroxylation is 2. The molecule has 238 valence electrons. The molecule has 0 spiro atoms. The van der Waals surface area contributed by atoms with Crippen molar-refractivity contribution in [1.29, 1.82) is 0 Å². The Kier molecular flexibility index (Phi) is 11.0. The molecule has 0 amide bonds. The monoisotopic (exact) mass is 651 g/mol. The van der Waals surface area contributed by atoms with Crippen molar-refractivity contribution < 1.29 is 31.5 Å². The standard InChI is InChI=1S/C33H37N3O7S2/c1-24-13-17-28(18-14-24)44(39,40)35-31-12-8-7-11-30(31)34-27(23-37)22-36(45(41,42)29-19-15-25(2)16-20-29)32(33(38)43-3)21-26-9-5-4-6-10-26/h4-20,27,32,34-35,37H,21-23H2,1-3H3/t27-,32+/m1/s1. The van der Waals surface area contributed by atoms with Crippen LogP contribution < -0.4 is 10.0 Å². The molecule has 0 aliphatic rings. The van der Waals surface area contributed by atoms with Gasteiger partial charge in [-0.1, -0.05) is 77.9 Å². The number of nitrogens with one attached hydrogen (secondary N) is 2. The Hall–Kier alpha value is -4.23. The fourth-order valence-corrected chi connectivity index (χ4v) is 7.42. The molecule has 0 aromatic heterocycles. The van der Waals surface area contributed by atoms with Gasteiger partial charge in [0.15, 0.2) is 0 Å². The molecule has 0 saturated heterocycles. The Morgan fingerprint density at radius 1 is 0.778 bits per heavy atom. The van der Waals surface area contributed by atoms with E-state index in [1.54, 1.807) is 72.8 Å². The molecule has 0 aliphatic heterocycles. The van der Waals surface area contributed by atoms with Crippen LogP contribution in [0.25, 0.3) is 0 Å². The predicted octanol–water partition coefficient (Wildman–Crippen LogP) is 4.35. The smallest absolute Gasteiger partial charge is 0.324 e. The maximum Gasteiger partial charge on any atom is 0.324 e. The molecule has 4 aromatic rings. The summed E-state index contributed by atoms with van der Waals surface area (Å²) in [5, 5.41) is 13.5. The molecule has 3 N–H and O–H groups in total. The third-order valence-corrected chi connectivity index (χ3v) is 10.5. The molecule has 4 rings (SSSR count). The van der Waals surface area contributed by atoms with Crippen molar-refractivity contribution in [3.8, 4) is 0 Å². The molecular weight excluding hydrogens is 615 g/mol. The average molecular weight is 652 g/mol. The molecule has 0 heterocycles. The van der Waals surface area contributed by atoms with Crippen LogP contribution in [0.15, 0.2) is 113 Å². The van der Waals surface area contributed by atoms with Crippen LogP contribution in [0, 0.1) is 13.8 Å². The Morgan fingerprint density at radius 3 is 1.87 bits per heavy atom. The molecule has 0 aliphatic carbocycles. The van der Waals surface area contributed by atoms with E-state index in [2.05, 4.69) is 10.0 Å². The van der Waals surface area contributed by atoms with Gasteiger partial charge in [-0.25, -0.2) is 16.8 Å². The van der Waals surface area contributed by atoms with Crippen molar-refractivity contribution in [1.82, 2.24) is 4.31 Å². The average Bonchev–Trinajstić information content (AvgIpc) is 3.03. The van der Waals surface area contributed by atoms with E-state index in [9.17, 15) is 26.7 Å². The van der Waals surface area contributed by atoms with Crippen LogP contribution >= 0.6 is 0 Å². The van der Waals surface area contributed by atoms with E-state index in [4.69, 9.17) is 4.74 Å². The normalized spacial score (nSPS) is 13.2. The van der Waals surface area contributed by atoms with Crippen LogP contribution in [-0.4, -0.2) is 64.6 Å². The van der Waals surface area contributed by atoms with Crippen LogP contribution in [0.1, 0.15) is 16.7 Å². The lowest BCUT2D eigenvalue weighted by atomic mass is 10.1. The second kappa shape index (κ2) is 14.7. The quantitative estimate of drug-likeness (QED) is 0.171. The van der Waals surface area contributed by atoms with E-state index < -0.39 is 44.7 Å². The first-order valence-electron chi connectivity index (χ1n) is 14.2. The van der Waals surface area contributed by atoms with Crippen LogP contribution in [0.3, 0.4) is 0 Å². The highest BCUT2D eigenvalue weighted by Crippen LogP contribution is 2.27. The van der Waals surface area contributed by atoms with Gasteiger partial charge in [-0.3, -0.25) is 9.52 Å². The zero-order valence-corrected chi connectivity index (χ0v) is 26.9. The number of hydrogen-bond acceptors (Lipinski definition) is 8. The largest absolute Gasteiger partial charge is 0.468 e. The van der Waals surface area contributed by atoms with Gasteiger partial charge in [0.1, 0.15) is 6.04 Å². The van der Waals surface area contributed by atoms with Crippen LogP contribution in [0.5, 0.6) is 0 Å². The third kappa shape index (κ3) is 8.49. The number of benzene rings is 4. The maximum atomic E-state index is 14.2. The minimum Gasteiger partial charge on any atom is -0.468 e. The van der Waals surface area contributed by atoms with Crippen molar-refractivity contribution in [2.45, 2.75) is 42.1 Å². The SMILES string of the molecule is COC(=O)[C@H](Cc1ccccc1)N(C[C@H](CO)Nc1ccccc1NS(=O)(=O)c1ccc(C)cc1)S(=O)(=O)c1ccc(C)cc1. The Labute approximate surface area is 264 Å². The number of sulfonamides is 2. The number of methoxy groups -OCH3 is 1. The van der Waals surface area contributed by atoms with Crippen molar-refractivity contribution >= 4 is 37.4 Å². The predicted molar refractivity (Wildman–Crippen MR) is 174 cm³/mol. The summed E-state index contributed by atoms with van der Waals surface area (Å²) >= 11 is 0. The fourth-order valence-electron chi connectivity index (χ4n) is 4.72. The summed E-state index contributed by atoms with van der Waals surface area (Å²) < 4.78 is 63.3. The first-order chi connectivity index (χ1) is 21.4. The molecule has 0 fully saturated rings. The number of ether oxygens (including phenoxy) is 1. The highest BCUT2D eigenvalue weighted by Gasteiger charge is 2.38. The molecule has 4 aromatic carbocycles. The van der Waals surface area contributed by atoms with E-state index in [1.807, 2.05) is 19.9 Å². The third-order valence-electron chi connectivity index (χ3n) is 7.20. The number of anilines is 2. The lowest BCUT2D eigenvalue weighted by molar-refractivity contribution is -0.145. The molecule has 10 nitrogen and oxygen atoms in total. The summed E-state index contributed by atoms with van der Waals surface area (Å²) in [5.41, 5.74) is 2.97. The molecule has 0 saturated carbocycles. The first-order valence-corrected chi connectivity index (χ1v) is 17.1. The topological polar surface area (TPSA) is 142 Å². The minimum atomic E-state index is -4.30. The van der Waals surface area contributed by atoms with Gasteiger partial charge in [0.05, 0.1) is 40.9 Å². The van der Waals surface area contributed by atoms with Gasteiger partial charge < -0.3 is 15.2 Å². The van der Waals surface area contributed by atoms with E-state index in [0.717, 1.165) is 15.4 Å². The Bertz CT molecular complexity index is 1800. The number of aliphatic hydroxyl groups is 1. The molecule has 12 heteroatoms. The summed E-state index contributed by atoms with van der Waals surface area (Å²) in [6.07, 6.45) is 0.0175. The van der Waals surface area contributed by atoms with Crippen molar-refractivity contribution in [2.75, 3.05) is 30.3 Å². The van der Waals surface area contributed by atoms with Crippen molar-refractivity contribution in [2.24, 2.45) is 0 Å². The lowest BCUT2D eigenvalue weighted by Crippen LogP contribution is -2.51. The zero-order chi connectivity index (χ0) is 32.6. The number of nitrogens with zero attached hydrogens (tertiary/aromatic N) is 1. The number of carbonyl (C=O) groups excluding carboxylic acids is 1. The van der Waals surface area contributed by atoms with Crippen molar-refractivity contribution in [3.63, 3.8) is 0 Å². The summed E-state index contributed by atoms with van der Waals surface area (Å²) in [4.78, 5) is 13.2. The van der Waals surface area contributed by atoms with Crippen LogP contribution in [0.2, 0.25) is 0 Å². The molecule has 45 heavy (non-hydrogen) atoms. The molecule has 0 radical (unpaired) electrons. The first kappa shape index (κ1) is 33.7. The lowest BCUT2D eigenvalue weighted by Gasteiger charge is -2.32. The minimum absolute atomic E-state index is 0.0175. The Morgan fingerprint density at radius 2 is 1.31 bits per heavy atom. The zero-order valence-electron chi connectivity index (χ0n) is 25.3. The van der Waals surface area contributed by atoms with Crippen molar-refractivity contribution in [3.05, 3.63) is 120 Å². The number of para-hydroxylation sites is 2. The van der Waals surface area contributed by atoms with Gasteiger partial charge in [0.25, 0.3) is 10.0 Å². The van der Waals surface area contributed by atoms with E-state index in [-0.39, 0.29) is 28.4 Å². The molecule has 0 unspecified atom stereocenters. The number of esters is 1. The van der Waals surface area contributed by atoms with Gasteiger partial charge in [0.2, 0.25) is 10.0 Å². The number of rotatable bonds is 14.